The van der Waals surface area contributed by atoms with Crippen LogP contribution in [0.25, 0.3) is 11.0 Å². The molecule has 1 fully saturated rings. The third-order valence-electron chi connectivity index (χ3n) is 5.17. The molecule has 9 heteroatoms. The van der Waals surface area contributed by atoms with Crippen molar-refractivity contribution in [3.05, 3.63) is 54.4 Å². The van der Waals surface area contributed by atoms with Crippen LogP contribution in [-0.2, 0) is 28.4 Å². The number of ether oxygens (including phenoxy) is 2. The maximum atomic E-state index is 14.5. The van der Waals surface area contributed by atoms with Crippen molar-refractivity contribution in [2.45, 2.75) is 23.8 Å². The van der Waals surface area contributed by atoms with Crippen molar-refractivity contribution in [3.63, 3.8) is 0 Å². The molecule has 0 aliphatic carbocycles. The maximum Gasteiger partial charge on any atom is 0.243 e. The topological polar surface area (TPSA) is 73.7 Å². The highest BCUT2D eigenvalue weighted by Gasteiger charge is 2.40. The molecule has 2 aromatic carbocycles. The molecule has 7 nitrogen and oxygen atoms in total. The van der Waals surface area contributed by atoms with Gasteiger partial charge in [-0.25, -0.2) is 17.8 Å². The molecular weight excluding hydrogens is 397 g/mol. The first kappa shape index (κ1) is 19.8. The highest BCUT2D eigenvalue weighted by atomic mass is 32.2. The van der Waals surface area contributed by atoms with Crippen LogP contribution in [0, 0.1) is 0 Å². The van der Waals surface area contributed by atoms with Gasteiger partial charge in [-0.1, -0.05) is 12.1 Å². The minimum atomic E-state index is -3.80. The minimum Gasteiger partial charge on any atom is -0.497 e. The zero-order valence-corrected chi connectivity index (χ0v) is 17.0. The van der Waals surface area contributed by atoms with Crippen LogP contribution in [0.4, 0.5) is 4.39 Å². The second-order valence-electron chi connectivity index (χ2n) is 6.94. The largest absolute Gasteiger partial charge is 0.497 e. The lowest BCUT2D eigenvalue weighted by Crippen LogP contribution is -2.30. The predicted molar refractivity (Wildman–Crippen MR) is 106 cm³/mol. The van der Waals surface area contributed by atoms with E-state index in [2.05, 4.69) is 4.98 Å². The average molecular weight is 419 g/mol. The lowest BCUT2D eigenvalue weighted by atomic mass is 10.3. The fourth-order valence-corrected chi connectivity index (χ4v) is 4.92. The van der Waals surface area contributed by atoms with Crippen molar-refractivity contribution >= 4 is 21.1 Å². The van der Waals surface area contributed by atoms with E-state index in [1.54, 1.807) is 12.1 Å². The summed E-state index contributed by atoms with van der Waals surface area (Å²) in [6.07, 6.45) is -2.25. The number of rotatable bonds is 6. The number of hydrogen-bond acceptors (Lipinski definition) is 5. The van der Waals surface area contributed by atoms with E-state index >= 15 is 0 Å². The van der Waals surface area contributed by atoms with Gasteiger partial charge in [-0.05, 0) is 36.4 Å². The van der Waals surface area contributed by atoms with Gasteiger partial charge in [0.25, 0.3) is 0 Å². The molecule has 2 atom stereocenters. The standard InChI is InChI=1S/C20H22FN3O4S/c1-23-18-6-4-3-5-17(18)22-20(23)13-28-19-12-24(11-16(19)21)29(25,26)15-9-7-14(27-2)8-10-15/h3-10,16,19H,11-13H2,1-2H3. The summed E-state index contributed by atoms with van der Waals surface area (Å²) in [4.78, 5) is 4.60. The maximum absolute atomic E-state index is 14.5. The number of halogens is 1. The number of imidazole rings is 1. The molecule has 1 aliphatic heterocycles. The van der Waals surface area contributed by atoms with Gasteiger partial charge in [0.15, 0.2) is 0 Å². The number of methoxy groups -OCH3 is 1. The Balaban J connectivity index is 1.45. The summed E-state index contributed by atoms with van der Waals surface area (Å²) < 4.78 is 54.0. The van der Waals surface area contributed by atoms with Gasteiger partial charge in [0.05, 0.1) is 23.0 Å². The fourth-order valence-electron chi connectivity index (χ4n) is 3.46. The highest BCUT2D eigenvalue weighted by Crippen LogP contribution is 2.26. The first-order valence-electron chi connectivity index (χ1n) is 9.20. The van der Waals surface area contributed by atoms with E-state index in [-0.39, 0.29) is 24.6 Å². The summed E-state index contributed by atoms with van der Waals surface area (Å²) in [5.41, 5.74) is 1.79. The average Bonchev–Trinajstić information content (AvgIpc) is 3.27. The smallest absolute Gasteiger partial charge is 0.243 e. The molecule has 0 bridgehead atoms. The van der Waals surface area contributed by atoms with Gasteiger partial charge in [-0.2, -0.15) is 4.31 Å². The quantitative estimate of drug-likeness (QED) is 0.614. The lowest BCUT2D eigenvalue weighted by molar-refractivity contribution is 0.00895. The lowest BCUT2D eigenvalue weighted by Gasteiger charge is -2.16. The van der Waals surface area contributed by atoms with Crippen LogP contribution >= 0.6 is 0 Å². The Hall–Kier alpha value is -2.49. The van der Waals surface area contributed by atoms with Gasteiger partial charge in [0.2, 0.25) is 10.0 Å². The zero-order chi connectivity index (χ0) is 20.6. The van der Waals surface area contributed by atoms with Gasteiger partial charge in [-0.15, -0.1) is 0 Å². The first-order chi connectivity index (χ1) is 13.9. The van der Waals surface area contributed by atoms with Crippen LogP contribution < -0.4 is 4.74 Å². The van der Waals surface area contributed by atoms with Gasteiger partial charge < -0.3 is 14.0 Å². The van der Waals surface area contributed by atoms with Crippen molar-refractivity contribution in [2.75, 3.05) is 20.2 Å². The third kappa shape index (κ3) is 3.73. The molecule has 1 saturated heterocycles. The SMILES string of the molecule is COc1ccc(S(=O)(=O)N2CC(F)C(OCc3nc4ccccc4n3C)C2)cc1. The number of nitrogens with zero attached hydrogens (tertiary/aromatic N) is 3. The van der Waals surface area contributed by atoms with Crippen molar-refractivity contribution < 1.29 is 22.3 Å². The third-order valence-corrected chi connectivity index (χ3v) is 7.01. The summed E-state index contributed by atoms with van der Waals surface area (Å²) in [5.74, 6) is 1.22. The van der Waals surface area contributed by atoms with E-state index in [4.69, 9.17) is 9.47 Å². The van der Waals surface area contributed by atoms with Crippen molar-refractivity contribution in [1.29, 1.82) is 0 Å². The second kappa shape index (κ2) is 7.74. The Bertz CT molecular complexity index is 1110. The Morgan fingerprint density at radius 3 is 2.55 bits per heavy atom. The number of alkyl halides is 1. The minimum absolute atomic E-state index is 0.0422. The number of aryl methyl sites for hydroxylation is 1. The molecule has 2 heterocycles. The molecule has 29 heavy (non-hydrogen) atoms. The molecule has 0 amide bonds. The molecule has 2 unspecified atom stereocenters. The number of sulfonamides is 1. The first-order valence-corrected chi connectivity index (χ1v) is 10.6. The van der Waals surface area contributed by atoms with Crippen molar-refractivity contribution in [2.24, 2.45) is 7.05 Å². The van der Waals surface area contributed by atoms with E-state index in [9.17, 15) is 12.8 Å². The summed E-state index contributed by atoms with van der Waals surface area (Å²) >= 11 is 0. The van der Waals surface area contributed by atoms with E-state index in [0.29, 0.717) is 11.6 Å². The second-order valence-corrected chi connectivity index (χ2v) is 8.88. The highest BCUT2D eigenvalue weighted by molar-refractivity contribution is 7.89. The summed E-state index contributed by atoms with van der Waals surface area (Å²) in [5, 5.41) is 0. The Labute approximate surface area is 168 Å². The van der Waals surface area contributed by atoms with E-state index in [1.165, 1.54) is 19.2 Å². The number of aromatic nitrogens is 2. The number of benzene rings is 2. The van der Waals surface area contributed by atoms with Gasteiger partial charge in [-0.3, -0.25) is 0 Å². The van der Waals surface area contributed by atoms with Crippen molar-refractivity contribution in [3.8, 4) is 5.75 Å². The Kier molecular flexibility index (Phi) is 5.28. The molecule has 1 aliphatic rings. The van der Waals surface area contributed by atoms with Gasteiger partial charge in [0, 0.05) is 20.1 Å². The van der Waals surface area contributed by atoms with Crippen LogP contribution in [0.5, 0.6) is 5.75 Å². The molecule has 0 saturated carbocycles. The summed E-state index contributed by atoms with van der Waals surface area (Å²) in [6.45, 7) is -0.173. The molecule has 4 rings (SSSR count). The van der Waals surface area contributed by atoms with E-state index < -0.39 is 22.3 Å². The Morgan fingerprint density at radius 2 is 1.86 bits per heavy atom. The van der Waals surface area contributed by atoms with Crippen LogP contribution in [0.1, 0.15) is 5.82 Å². The number of fused-ring (bicyclic) bond motifs is 1. The fraction of sp³-hybridized carbons (Fsp3) is 0.350. The summed E-state index contributed by atoms with van der Waals surface area (Å²) in [6, 6.07) is 13.7. The molecule has 3 aromatic rings. The van der Waals surface area contributed by atoms with Crippen molar-refractivity contribution in [1.82, 2.24) is 13.9 Å². The Morgan fingerprint density at radius 1 is 1.14 bits per heavy atom. The monoisotopic (exact) mass is 419 g/mol. The molecule has 1 aromatic heterocycles. The molecule has 154 valence electrons. The van der Waals surface area contributed by atoms with Crippen LogP contribution in [0.2, 0.25) is 0 Å². The summed E-state index contributed by atoms with van der Waals surface area (Å²) in [7, 11) is -0.429. The van der Waals surface area contributed by atoms with E-state index in [0.717, 1.165) is 15.3 Å². The molecule has 0 N–H and O–H groups in total. The van der Waals surface area contributed by atoms with Gasteiger partial charge >= 0.3 is 0 Å². The van der Waals surface area contributed by atoms with Crippen LogP contribution in [0.15, 0.2) is 53.4 Å². The van der Waals surface area contributed by atoms with Crippen LogP contribution in [0.3, 0.4) is 0 Å². The van der Waals surface area contributed by atoms with Crippen LogP contribution in [-0.4, -0.2) is 54.7 Å². The molecule has 0 radical (unpaired) electrons. The van der Waals surface area contributed by atoms with Gasteiger partial charge in [0.1, 0.15) is 30.5 Å². The molecular formula is C20H22FN3O4S. The zero-order valence-electron chi connectivity index (χ0n) is 16.2. The number of para-hydroxylation sites is 2. The normalized spacial score (nSPS) is 20.4. The van der Waals surface area contributed by atoms with E-state index in [1.807, 2.05) is 35.9 Å². The predicted octanol–water partition coefficient (Wildman–Crippen LogP) is 2.51. The molecule has 0 spiro atoms. The number of hydrogen-bond donors (Lipinski definition) is 0.